The number of ether oxygens (including phenoxy) is 2. The van der Waals surface area contributed by atoms with E-state index in [0.717, 1.165) is 0 Å². The van der Waals surface area contributed by atoms with Crippen LogP contribution in [-0.2, 0) is 4.74 Å². The van der Waals surface area contributed by atoms with Crippen LogP contribution in [0.5, 0.6) is 5.88 Å². The molecule has 2 aromatic heterocycles. The van der Waals surface area contributed by atoms with Crippen molar-refractivity contribution < 1.29 is 14.3 Å². The molecule has 0 fully saturated rings. The van der Waals surface area contributed by atoms with Gasteiger partial charge in [-0.05, 0) is 33.3 Å². The molecule has 0 bridgehead atoms. The first-order chi connectivity index (χ1) is 11.5. The molecule has 2 heterocycles. The number of rotatable bonds is 8. The molecule has 2 aromatic rings. The molecule has 0 aliphatic heterocycles. The molecule has 0 saturated heterocycles. The number of pyridine rings is 2. The van der Waals surface area contributed by atoms with E-state index in [0.29, 0.717) is 37.6 Å². The Hall–Kier alpha value is -2.41. The maximum Gasteiger partial charge on any atom is 0.256 e. The van der Waals surface area contributed by atoms with Gasteiger partial charge < -0.3 is 19.8 Å². The van der Waals surface area contributed by atoms with E-state index in [1.807, 2.05) is 20.8 Å². The van der Waals surface area contributed by atoms with Crippen LogP contribution in [0.4, 0.5) is 0 Å². The van der Waals surface area contributed by atoms with Gasteiger partial charge in [0.05, 0.1) is 18.2 Å². The predicted octanol–water partition coefficient (Wildman–Crippen LogP) is 1.87. The third kappa shape index (κ3) is 4.55. The lowest BCUT2D eigenvalue weighted by atomic mass is 10.2. The fourth-order valence-electron chi connectivity index (χ4n) is 2.16. The highest BCUT2D eigenvalue weighted by Gasteiger charge is 2.14. The van der Waals surface area contributed by atoms with Gasteiger partial charge in [-0.25, -0.2) is 4.98 Å². The minimum absolute atomic E-state index is 0.0356. The average Bonchev–Trinajstić information content (AvgIpc) is 2.55. The molecule has 0 atom stereocenters. The summed E-state index contributed by atoms with van der Waals surface area (Å²) in [7, 11) is 0. The van der Waals surface area contributed by atoms with Gasteiger partial charge in [0.1, 0.15) is 11.1 Å². The Labute approximate surface area is 140 Å². The van der Waals surface area contributed by atoms with Gasteiger partial charge in [0.25, 0.3) is 5.91 Å². The Kier molecular flexibility index (Phi) is 6.31. The first kappa shape index (κ1) is 17.9. The van der Waals surface area contributed by atoms with Crippen LogP contribution >= 0.6 is 0 Å². The number of carbonyl (C=O) groups is 1. The summed E-state index contributed by atoms with van der Waals surface area (Å²) in [6, 6.07) is 3.38. The molecule has 130 valence electrons. The van der Waals surface area contributed by atoms with Crippen LogP contribution in [0.1, 0.15) is 37.6 Å². The van der Waals surface area contributed by atoms with E-state index in [1.165, 1.54) is 6.20 Å². The first-order valence-corrected chi connectivity index (χ1v) is 8.08. The van der Waals surface area contributed by atoms with E-state index in [1.54, 1.807) is 12.1 Å². The largest absolute Gasteiger partial charge is 0.478 e. The van der Waals surface area contributed by atoms with Crippen LogP contribution in [0.3, 0.4) is 0 Å². The molecule has 0 saturated carbocycles. The summed E-state index contributed by atoms with van der Waals surface area (Å²) >= 11 is 0. The van der Waals surface area contributed by atoms with Crippen molar-refractivity contribution in [1.29, 1.82) is 0 Å². The molecule has 7 nitrogen and oxygen atoms in total. The zero-order chi connectivity index (χ0) is 17.5. The Bertz CT molecular complexity index is 755. The average molecular weight is 333 g/mol. The summed E-state index contributed by atoms with van der Waals surface area (Å²) in [5.41, 5.74) is 0.372. The highest BCUT2D eigenvalue weighted by Crippen LogP contribution is 2.12. The van der Waals surface area contributed by atoms with Gasteiger partial charge in [0, 0.05) is 25.4 Å². The van der Waals surface area contributed by atoms with E-state index >= 15 is 0 Å². The number of nitrogens with zero attached hydrogens (tertiary/aromatic N) is 1. The van der Waals surface area contributed by atoms with E-state index in [2.05, 4.69) is 15.3 Å². The fraction of sp³-hybridized carbons (Fsp3) is 0.471. The summed E-state index contributed by atoms with van der Waals surface area (Å²) in [5.74, 6) is -0.0646. The number of hydrogen-bond acceptors (Lipinski definition) is 5. The standard InChI is InChI=1S/C17H23N3O4/c1-4-23-14-7-6-13-15(20-14)16(21)12(10-19-13)17(22)18-8-5-9-24-11(2)3/h6-7,10-11H,4-5,8-9H2,1-3H3,(H,18,22)(H,19,21). The van der Waals surface area contributed by atoms with Crippen molar-refractivity contribution in [3.63, 3.8) is 0 Å². The smallest absolute Gasteiger partial charge is 0.256 e. The highest BCUT2D eigenvalue weighted by molar-refractivity contribution is 5.96. The van der Waals surface area contributed by atoms with E-state index in [-0.39, 0.29) is 17.2 Å². The molecule has 0 spiro atoms. The van der Waals surface area contributed by atoms with Gasteiger partial charge in [-0.1, -0.05) is 0 Å². The van der Waals surface area contributed by atoms with Crippen LogP contribution < -0.4 is 15.5 Å². The zero-order valence-corrected chi connectivity index (χ0v) is 14.2. The number of aromatic amines is 1. The number of amides is 1. The van der Waals surface area contributed by atoms with Crippen molar-refractivity contribution in [3.05, 3.63) is 34.1 Å². The molecule has 7 heteroatoms. The SMILES string of the molecule is CCOc1ccc2[nH]cc(C(=O)NCCCOC(C)C)c(=O)c2n1. The Morgan fingerprint density at radius 2 is 2.17 bits per heavy atom. The minimum Gasteiger partial charge on any atom is -0.478 e. The Morgan fingerprint density at radius 3 is 2.88 bits per heavy atom. The molecule has 0 aliphatic rings. The van der Waals surface area contributed by atoms with Crippen LogP contribution in [0.25, 0.3) is 11.0 Å². The van der Waals surface area contributed by atoms with Crippen molar-refractivity contribution in [2.45, 2.75) is 33.3 Å². The van der Waals surface area contributed by atoms with Gasteiger partial charge in [-0.2, -0.15) is 0 Å². The molecular weight excluding hydrogens is 310 g/mol. The summed E-state index contributed by atoms with van der Waals surface area (Å²) < 4.78 is 10.7. The quantitative estimate of drug-likeness (QED) is 0.719. The van der Waals surface area contributed by atoms with Gasteiger partial charge in [-0.15, -0.1) is 0 Å². The maximum atomic E-state index is 12.5. The topological polar surface area (TPSA) is 93.3 Å². The Balaban J connectivity index is 2.09. The molecule has 0 radical (unpaired) electrons. The van der Waals surface area contributed by atoms with Crippen molar-refractivity contribution in [3.8, 4) is 5.88 Å². The van der Waals surface area contributed by atoms with Gasteiger partial charge in [-0.3, -0.25) is 9.59 Å². The first-order valence-electron chi connectivity index (χ1n) is 8.08. The number of carbonyl (C=O) groups excluding carboxylic acids is 1. The molecular formula is C17H23N3O4. The molecule has 1 amide bonds. The van der Waals surface area contributed by atoms with E-state index in [4.69, 9.17) is 9.47 Å². The summed E-state index contributed by atoms with van der Waals surface area (Å²) in [6.07, 6.45) is 2.25. The number of H-pyrrole nitrogens is 1. The number of aromatic nitrogens is 2. The summed E-state index contributed by atoms with van der Waals surface area (Å²) in [5, 5.41) is 2.72. The van der Waals surface area contributed by atoms with Crippen LogP contribution in [-0.4, -0.2) is 41.7 Å². The van der Waals surface area contributed by atoms with Gasteiger partial charge in [0.2, 0.25) is 11.3 Å². The predicted molar refractivity (Wildman–Crippen MR) is 91.6 cm³/mol. The molecule has 24 heavy (non-hydrogen) atoms. The maximum absolute atomic E-state index is 12.5. The summed E-state index contributed by atoms with van der Waals surface area (Å²) in [4.78, 5) is 31.8. The van der Waals surface area contributed by atoms with Gasteiger partial charge >= 0.3 is 0 Å². The third-order valence-corrected chi connectivity index (χ3v) is 3.30. The third-order valence-electron chi connectivity index (χ3n) is 3.30. The number of nitrogens with one attached hydrogen (secondary N) is 2. The zero-order valence-electron chi connectivity index (χ0n) is 14.2. The second kappa shape index (κ2) is 8.44. The van der Waals surface area contributed by atoms with E-state index in [9.17, 15) is 9.59 Å². The van der Waals surface area contributed by atoms with Crippen molar-refractivity contribution in [2.75, 3.05) is 19.8 Å². The monoisotopic (exact) mass is 333 g/mol. The summed E-state index contributed by atoms with van der Waals surface area (Å²) in [6.45, 7) is 7.20. The Morgan fingerprint density at radius 1 is 1.38 bits per heavy atom. The van der Waals surface area contributed by atoms with Crippen molar-refractivity contribution >= 4 is 16.9 Å². The lowest BCUT2D eigenvalue weighted by molar-refractivity contribution is 0.0757. The van der Waals surface area contributed by atoms with Crippen molar-refractivity contribution in [2.24, 2.45) is 0 Å². The molecule has 2 rings (SSSR count). The van der Waals surface area contributed by atoms with Crippen molar-refractivity contribution in [1.82, 2.24) is 15.3 Å². The fourth-order valence-corrected chi connectivity index (χ4v) is 2.16. The molecule has 0 aromatic carbocycles. The van der Waals surface area contributed by atoms with Gasteiger partial charge in [0.15, 0.2) is 0 Å². The molecule has 0 unspecified atom stereocenters. The molecule has 0 aliphatic carbocycles. The van der Waals surface area contributed by atoms with Crippen LogP contribution in [0, 0.1) is 0 Å². The number of hydrogen-bond donors (Lipinski definition) is 2. The lowest BCUT2D eigenvalue weighted by Gasteiger charge is -2.08. The second-order valence-electron chi connectivity index (χ2n) is 5.54. The highest BCUT2D eigenvalue weighted by atomic mass is 16.5. The lowest BCUT2D eigenvalue weighted by Crippen LogP contribution is -2.30. The molecule has 2 N–H and O–H groups in total. The normalized spacial score (nSPS) is 11.0. The second-order valence-corrected chi connectivity index (χ2v) is 5.54. The number of fused-ring (bicyclic) bond motifs is 1. The van der Waals surface area contributed by atoms with Crippen LogP contribution in [0.2, 0.25) is 0 Å². The van der Waals surface area contributed by atoms with Crippen LogP contribution in [0.15, 0.2) is 23.1 Å². The minimum atomic E-state index is -0.425. The van der Waals surface area contributed by atoms with E-state index < -0.39 is 11.3 Å².